The van der Waals surface area contributed by atoms with Gasteiger partial charge in [0, 0.05) is 26.2 Å². The molecule has 10 heteroatoms. The van der Waals surface area contributed by atoms with Gasteiger partial charge in [0.05, 0.1) is 13.7 Å². The highest BCUT2D eigenvalue weighted by molar-refractivity contribution is 6.09. The molecule has 1 unspecified atom stereocenters. The standard InChI is InChI=1S/C20H26N4O6/c1-4-30-19(28)23-11-9-22(10-12-23)16(25)13-24-17(26)20(2,21-18(24)27)14-5-7-15(29-3)8-6-14/h5-8H,4,9-13H2,1-3H3,(H,21,27). The number of carbonyl (C=O) groups is 4. The van der Waals surface area contributed by atoms with E-state index in [1.807, 2.05) is 0 Å². The molecule has 2 saturated heterocycles. The number of nitrogens with zero attached hydrogens (tertiary/aromatic N) is 3. The summed E-state index contributed by atoms with van der Waals surface area (Å²) in [6.07, 6.45) is -0.408. The summed E-state index contributed by atoms with van der Waals surface area (Å²) in [6.45, 7) is 4.59. The Balaban J connectivity index is 1.63. The van der Waals surface area contributed by atoms with Crippen LogP contribution >= 0.6 is 0 Å². The van der Waals surface area contributed by atoms with Gasteiger partial charge in [0.15, 0.2) is 0 Å². The SMILES string of the molecule is CCOC(=O)N1CCN(C(=O)CN2C(=O)NC(C)(c3ccc(OC)cc3)C2=O)CC1. The van der Waals surface area contributed by atoms with Crippen molar-refractivity contribution in [3.63, 3.8) is 0 Å². The van der Waals surface area contributed by atoms with E-state index < -0.39 is 23.6 Å². The number of amides is 5. The zero-order valence-electron chi connectivity index (χ0n) is 17.3. The second-order valence-electron chi connectivity index (χ2n) is 7.24. The molecule has 0 aliphatic carbocycles. The first-order chi connectivity index (χ1) is 14.3. The Bertz CT molecular complexity index is 834. The van der Waals surface area contributed by atoms with Gasteiger partial charge >= 0.3 is 12.1 Å². The molecule has 0 radical (unpaired) electrons. The molecule has 2 aliphatic heterocycles. The molecule has 162 valence electrons. The van der Waals surface area contributed by atoms with Gasteiger partial charge in [-0.1, -0.05) is 12.1 Å². The lowest BCUT2D eigenvalue weighted by atomic mass is 9.92. The minimum absolute atomic E-state index is 0.289. The van der Waals surface area contributed by atoms with Gasteiger partial charge in [0.2, 0.25) is 5.91 Å². The number of hydrogen-bond donors (Lipinski definition) is 1. The highest BCUT2D eigenvalue weighted by atomic mass is 16.6. The summed E-state index contributed by atoms with van der Waals surface area (Å²) in [7, 11) is 1.54. The zero-order chi connectivity index (χ0) is 21.9. The van der Waals surface area contributed by atoms with Crippen LogP contribution in [0.25, 0.3) is 0 Å². The van der Waals surface area contributed by atoms with Crippen LogP contribution in [0, 0.1) is 0 Å². The van der Waals surface area contributed by atoms with E-state index in [1.165, 1.54) is 4.90 Å². The third kappa shape index (κ3) is 4.03. The third-order valence-electron chi connectivity index (χ3n) is 5.39. The van der Waals surface area contributed by atoms with Crippen molar-refractivity contribution in [2.45, 2.75) is 19.4 Å². The van der Waals surface area contributed by atoms with Crippen molar-refractivity contribution in [3.05, 3.63) is 29.8 Å². The van der Waals surface area contributed by atoms with Crippen LogP contribution in [-0.4, -0.2) is 85.1 Å². The molecule has 30 heavy (non-hydrogen) atoms. The Morgan fingerprint density at radius 2 is 1.67 bits per heavy atom. The van der Waals surface area contributed by atoms with Crippen molar-refractivity contribution >= 4 is 23.9 Å². The van der Waals surface area contributed by atoms with Gasteiger partial charge < -0.3 is 24.6 Å². The first-order valence-corrected chi connectivity index (χ1v) is 9.78. The smallest absolute Gasteiger partial charge is 0.409 e. The lowest BCUT2D eigenvalue weighted by molar-refractivity contribution is -0.139. The lowest BCUT2D eigenvalue weighted by Crippen LogP contribution is -2.53. The monoisotopic (exact) mass is 418 g/mol. The number of benzene rings is 1. The van der Waals surface area contributed by atoms with Crippen LogP contribution in [0.1, 0.15) is 19.4 Å². The van der Waals surface area contributed by atoms with Crippen molar-refractivity contribution in [1.29, 1.82) is 0 Å². The molecule has 3 rings (SSSR count). The summed E-state index contributed by atoms with van der Waals surface area (Å²) >= 11 is 0. The molecule has 5 amide bonds. The quantitative estimate of drug-likeness (QED) is 0.708. The fourth-order valence-corrected chi connectivity index (χ4v) is 3.55. The molecule has 0 saturated carbocycles. The number of ether oxygens (including phenoxy) is 2. The van der Waals surface area contributed by atoms with Gasteiger partial charge in [-0.2, -0.15) is 0 Å². The molecule has 1 aromatic carbocycles. The van der Waals surface area contributed by atoms with E-state index in [4.69, 9.17) is 9.47 Å². The number of nitrogens with one attached hydrogen (secondary N) is 1. The minimum atomic E-state index is -1.26. The maximum atomic E-state index is 13.0. The Morgan fingerprint density at radius 1 is 1.07 bits per heavy atom. The summed E-state index contributed by atoms with van der Waals surface area (Å²) in [4.78, 5) is 53.9. The number of rotatable bonds is 5. The summed E-state index contributed by atoms with van der Waals surface area (Å²) in [6, 6.07) is 6.21. The third-order valence-corrected chi connectivity index (χ3v) is 5.39. The van der Waals surface area contributed by atoms with Crippen LogP contribution in [0.15, 0.2) is 24.3 Å². The van der Waals surface area contributed by atoms with Gasteiger partial charge in [0.1, 0.15) is 17.8 Å². The van der Waals surface area contributed by atoms with E-state index in [-0.39, 0.29) is 19.1 Å². The van der Waals surface area contributed by atoms with Crippen LogP contribution < -0.4 is 10.1 Å². The van der Waals surface area contributed by atoms with Crippen LogP contribution in [-0.2, 0) is 19.9 Å². The average Bonchev–Trinajstić information content (AvgIpc) is 2.98. The predicted molar refractivity (Wildman–Crippen MR) is 106 cm³/mol. The highest BCUT2D eigenvalue weighted by Gasteiger charge is 2.49. The highest BCUT2D eigenvalue weighted by Crippen LogP contribution is 2.30. The second kappa shape index (κ2) is 8.60. The molecule has 0 spiro atoms. The van der Waals surface area contributed by atoms with Crippen molar-refractivity contribution in [3.8, 4) is 5.75 Å². The van der Waals surface area contributed by atoms with E-state index in [1.54, 1.807) is 50.1 Å². The van der Waals surface area contributed by atoms with E-state index >= 15 is 0 Å². The minimum Gasteiger partial charge on any atom is -0.497 e. The fraction of sp³-hybridized carbons (Fsp3) is 0.500. The Hall–Kier alpha value is -3.30. The molecule has 1 aromatic rings. The zero-order valence-corrected chi connectivity index (χ0v) is 17.3. The van der Waals surface area contributed by atoms with E-state index in [0.717, 1.165) is 4.90 Å². The van der Waals surface area contributed by atoms with Gasteiger partial charge in [-0.25, -0.2) is 9.59 Å². The number of urea groups is 1. The van der Waals surface area contributed by atoms with Crippen molar-refractivity contribution < 1.29 is 28.7 Å². The number of imide groups is 1. The maximum absolute atomic E-state index is 13.0. The van der Waals surface area contributed by atoms with E-state index in [9.17, 15) is 19.2 Å². The second-order valence-corrected chi connectivity index (χ2v) is 7.24. The molecule has 1 N–H and O–H groups in total. The largest absolute Gasteiger partial charge is 0.497 e. The molecular weight excluding hydrogens is 392 g/mol. The number of methoxy groups -OCH3 is 1. The molecule has 2 heterocycles. The number of hydrogen-bond acceptors (Lipinski definition) is 6. The lowest BCUT2D eigenvalue weighted by Gasteiger charge is -2.34. The maximum Gasteiger partial charge on any atom is 0.409 e. The first kappa shape index (κ1) is 21.4. The average molecular weight is 418 g/mol. The Morgan fingerprint density at radius 3 is 2.23 bits per heavy atom. The molecule has 1 atom stereocenters. The molecule has 10 nitrogen and oxygen atoms in total. The van der Waals surface area contributed by atoms with Crippen molar-refractivity contribution in [1.82, 2.24) is 20.0 Å². The molecule has 0 bridgehead atoms. The number of carbonyl (C=O) groups excluding carboxylic acids is 4. The van der Waals surface area contributed by atoms with Crippen LogP contribution in [0.4, 0.5) is 9.59 Å². The fourth-order valence-electron chi connectivity index (χ4n) is 3.55. The molecular formula is C20H26N4O6. The van der Waals surface area contributed by atoms with Crippen LogP contribution in [0.3, 0.4) is 0 Å². The van der Waals surface area contributed by atoms with Gasteiger partial charge in [-0.15, -0.1) is 0 Å². The van der Waals surface area contributed by atoms with Gasteiger partial charge in [-0.05, 0) is 31.5 Å². The summed E-state index contributed by atoms with van der Waals surface area (Å²) in [5, 5.41) is 2.68. The molecule has 2 aliphatic rings. The van der Waals surface area contributed by atoms with E-state index in [2.05, 4.69) is 5.32 Å². The Kier molecular flexibility index (Phi) is 6.14. The van der Waals surface area contributed by atoms with Gasteiger partial charge in [0.25, 0.3) is 5.91 Å². The predicted octanol–water partition coefficient (Wildman–Crippen LogP) is 0.763. The van der Waals surface area contributed by atoms with Crippen molar-refractivity contribution in [2.75, 3.05) is 46.4 Å². The Labute approximate surface area is 174 Å². The topological polar surface area (TPSA) is 108 Å². The summed E-state index contributed by atoms with van der Waals surface area (Å²) < 4.78 is 10.1. The number of piperazine rings is 1. The van der Waals surface area contributed by atoms with E-state index in [0.29, 0.717) is 37.5 Å². The summed E-state index contributed by atoms with van der Waals surface area (Å²) in [5.74, 6) is -0.203. The van der Waals surface area contributed by atoms with Gasteiger partial charge in [-0.3, -0.25) is 14.5 Å². The first-order valence-electron chi connectivity index (χ1n) is 9.78. The summed E-state index contributed by atoms with van der Waals surface area (Å²) in [5.41, 5.74) is -0.661. The van der Waals surface area contributed by atoms with Crippen LogP contribution in [0.5, 0.6) is 5.75 Å². The van der Waals surface area contributed by atoms with Crippen molar-refractivity contribution in [2.24, 2.45) is 0 Å². The van der Waals surface area contributed by atoms with Crippen LogP contribution in [0.2, 0.25) is 0 Å². The molecule has 0 aromatic heterocycles. The molecule has 2 fully saturated rings. The normalized spacial score (nSPS) is 21.5.